The van der Waals surface area contributed by atoms with E-state index in [1.54, 1.807) is 11.3 Å². The minimum absolute atomic E-state index is 0.135. The third-order valence-corrected chi connectivity index (χ3v) is 4.68. The van der Waals surface area contributed by atoms with Crippen LogP contribution in [0.25, 0.3) is 0 Å². The normalized spacial score (nSPS) is 12.2. The molecule has 1 aromatic heterocycles. The van der Waals surface area contributed by atoms with Gasteiger partial charge < -0.3 is 15.2 Å². The molecule has 0 bridgehead atoms. The summed E-state index contributed by atoms with van der Waals surface area (Å²) < 4.78 is 12.5. The van der Waals surface area contributed by atoms with Crippen LogP contribution in [0.15, 0.2) is 29.6 Å². The van der Waals surface area contributed by atoms with Crippen LogP contribution in [0, 0.1) is 2.88 Å². The van der Waals surface area contributed by atoms with Gasteiger partial charge in [-0.3, -0.25) is 0 Å². The zero-order valence-corrected chi connectivity index (χ0v) is 14.5. The molecule has 3 nitrogen and oxygen atoms in total. The number of thiophene rings is 1. The van der Waals surface area contributed by atoms with Crippen LogP contribution in [0.1, 0.15) is 31.0 Å². The van der Waals surface area contributed by atoms with Crippen molar-refractivity contribution in [2.75, 3.05) is 13.2 Å². The van der Waals surface area contributed by atoms with Gasteiger partial charge in [0.15, 0.2) is 11.5 Å². The molecule has 0 spiro atoms. The number of hydrogen-bond donors (Lipinski definition) is 1. The molecule has 2 rings (SSSR count). The third kappa shape index (κ3) is 3.65. The Morgan fingerprint density at radius 2 is 1.80 bits per heavy atom. The number of rotatable bonds is 6. The maximum Gasteiger partial charge on any atom is 0.161 e. The average Bonchev–Trinajstić information content (AvgIpc) is 2.87. The highest BCUT2D eigenvalue weighted by Crippen LogP contribution is 2.33. The zero-order chi connectivity index (χ0) is 14.5. The van der Waals surface area contributed by atoms with Gasteiger partial charge in [-0.15, -0.1) is 11.3 Å². The van der Waals surface area contributed by atoms with E-state index in [1.165, 1.54) is 2.88 Å². The lowest BCUT2D eigenvalue weighted by atomic mass is 10.0. The van der Waals surface area contributed by atoms with Crippen molar-refractivity contribution in [1.29, 1.82) is 0 Å². The molecule has 2 aromatic rings. The first-order valence-corrected chi connectivity index (χ1v) is 8.50. The zero-order valence-electron chi connectivity index (χ0n) is 11.6. The summed E-state index contributed by atoms with van der Waals surface area (Å²) in [6.07, 6.45) is 0. The largest absolute Gasteiger partial charge is 0.490 e. The lowest BCUT2D eigenvalue weighted by Crippen LogP contribution is -2.11. The fraction of sp³-hybridized carbons (Fsp3) is 0.333. The van der Waals surface area contributed by atoms with Crippen LogP contribution < -0.4 is 15.2 Å². The topological polar surface area (TPSA) is 44.5 Å². The highest BCUT2D eigenvalue weighted by Gasteiger charge is 2.14. The van der Waals surface area contributed by atoms with Gasteiger partial charge in [0, 0.05) is 0 Å². The molecule has 0 fully saturated rings. The molecule has 0 saturated heterocycles. The highest BCUT2D eigenvalue weighted by atomic mass is 127. The quantitative estimate of drug-likeness (QED) is 0.736. The molecule has 1 unspecified atom stereocenters. The standard InChI is InChI=1S/C15H18INO2S/c1-3-18-12-6-5-10(7-13(12)19-4-2)15(17)11-8-14(16)20-9-11/h5-9,15H,3-4,17H2,1-2H3. The molecule has 20 heavy (non-hydrogen) atoms. The van der Waals surface area contributed by atoms with Crippen LogP contribution >= 0.6 is 33.9 Å². The summed E-state index contributed by atoms with van der Waals surface area (Å²) >= 11 is 4.01. The summed E-state index contributed by atoms with van der Waals surface area (Å²) in [5, 5.41) is 2.10. The van der Waals surface area contributed by atoms with E-state index < -0.39 is 0 Å². The van der Waals surface area contributed by atoms with Crippen LogP contribution in [0.2, 0.25) is 0 Å². The van der Waals surface area contributed by atoms with Gasteiger partial charge in [0.1, 0.15) is 0 Å². The average molecular weight is 403 g/mol. The maximum atomic E-state index is 6.33. The highest BCUT2D eigenvalue weighted by molar-refractivity contribution is 14.1. The Morgan fingerprint density at radius 1 is 1.10 bits per heavy atom. The second-order valence-corrected chi connectivity index (χ2v) is 7.04. The van der Waals surface area contributed by atoms with Crippen molar-refractivity contribution < 1.29 is 9.47 Å². The number of halogens is 1. The summed E-state index contributed by atoms with van der Waals surface area (Å²) in [7, 11) is 0. The van der Waals surface area contributed by atoms with Gasteiger partial charge in [0.05, 0.1) is 22.1 Å². The molecule has 108 valence electrons. The van der Waals surface area contributed by atoms with Crippen molar-refractivity contribution in [3.63, 3.8) is 0 Å². The fourth-order valence-electron chi connectivity index (χ4n) is 1.94. The Bertz CT molecular complexity index is 571. The first-order valence-electron chi connectivity index (χ1n) is 6.54. The van der Waals surface area contributed by atoms with E-state index in [9.17, 15) is 0 Å². The predicted molar refractivity (Wildman–Crippen MR) is 91.8 cm³/mol. The fourth-order valence-corrected chi connectivity index (χ4v) is 3.35. The van der Waals surface area contributed by atoms with Crippen LogP contribution in [0.5, 0.6) is 11.5 Å². The van der Waals surface area contributed by atoms with Crippen molar-refractivity contribution in [2.45, 2.75) is 19.9 Å². The number of benzene rings is 1. The van der Waals surface area contributed by atoms with Gasteiger partial charge in [-0.25, -0.2) is 0 Å². The summed E-state index contributed by atoms with van der Waals surface area (Å²) in [5.41, 5.74) is 8.49. The SMILES string of the molecule is CCOc1ccc(C(N)c2csc(I)c2)cc1OCC. The molecule has 0 amide bonds. The Kier molecular flexibility index (Phi) is 5.68. The van der Waals surface area contributed by atoms with Crippen LogP contribution in [0.3, 0.4) is 0 Å². The lowest BCUT2D eigenvalue weighted by Gasteiger charge is -2.15. The Morgan fingerprint density at radius 3 is 2.40 bits per heavy atom. The summed E-state index contributed by atoms with van der Waals surface area (Å²) in [4.78, 5) is 0. The lowest BCUT2D eigenvalue weighted by molar-refractivity contribution is 0.287. The molecule has 0 aliphatic heterocycles. The molecule has 1 atom stereocenters. The van der Waals surface area contributed by atoms with Crippen molar-refractivity contribution in [3.05, 3.63) is 43.7 Å². The summed E-state index contributed by atoms with van der Waals surface area (Å²) in [6, 6.07) is 7.89. The second-order valence-electron chi connectivity index (χ2n) is 4.23. The van der Waals surface area contributed by atoms with E-state index >= 15 is 0 Å². The van der Waals surface area contributed by atoms with Crippen molar-refractivity contribution in [2.24, 2.45) is 5.73 Å². The Labute approximate surface area is 137 Å². The molecule has 0 aliphatic carbocycles. The van der Waals surface area contributed by atoms with E-state index in [0.717, 1.165) is 22.6 Å². The van der Waals surface area contributed by atoms with Gasteiger partial charge in [0.25, 0.3) is 0 Å². The number of nitrogens with two attached hydrogens (primary N) is 1. The molecule has 0 radical (unpaired) electrons. The van der Waals surface area contributed by atoms with E-state index in [0.29, 0.717) is 13.2 Å². The van der Waals surface area contributed by atoms with Gasteiger partial charge in [-0.1, -0.05) is 6.07 Å². The molecule has 0 aliphatic rings. The monoisotopic (exact) mass is 403 g/mol. The van der Waals surface area contributed by atoms with E-state index in [1.807, 2.05) is 32.0 Å². The first-order chi connectivity index (χ1) is 9.65. The number of ether oxygens (including phenoxy) is 2. The second kappa shape index (κ2) is 7.28. The van der Waals surface area contributed by atoms with Crippen molar-refractivity contribution in [3.8, 4) is 11.5 Å². The van der Waals surface area contributed by atoms with E-state index in [4.69, 9.17) is 15.2 Å². The van der Waals surface area contributed by atoms with Gasteiger partial charge in [0.2, 0.25) is 0 Å². The minimum atomic E-state index is -0.135. The predicted octanol–water partition coefficient (Wildman–Crippen LogP) is 4.20. The number of hydrogen-bond acceptors (Lipinski definition) is 4. The Hall–Kier alpha value is -0.790. The third-order valence-electron chi connectivity index (χ3n) is 2.87. The van der Waals surface area contributed by atoms with Crippen LogP contribution in [-0.4, -0.2) is 13.2 Å². The van der Waals surface area contributed by atoms with Gasteiger partial charge in [-0.05, 0) is 71.1 Å². The molecule has 0 saturated carbocycles. The molecule has 5 heteroatoms. The van der Waals surface area contributed by atoms with Crippen molar-refractivity contribution >= 4 is 33.9 Å². The summed E-state index contributed by atoms with van der Waals surface area (Å²) in [5.74, 6) is 1.53. The summed E-state index contributed by atoms with van der Waals surface area (Å²) in [6.45, 7) is 5.15. The smallest absolute Gasteiger partial charge is 0.161 e. The van der Waals surface area contributed by atoms with Crippen LogP contribution in [0.4, 0.5) is 0 Å². The maximum absolute atomic E-state index is 6.33. The molecular formula is C15H18INO2S. The van der Waals surface area contributed by atoms with Gasteiger partial charge in [-0.2, -0.15) is 0 Å². The van der Waals surface area contributed by atoms with Gasteiger partial charge >= 0.3 is 0 Å². The first kappa shape index (κ1) is 15.6. The van der Waals surface area contributed by atoms with Crippen molar-refractivity contribution in [1.82, 2.24) is 0 Å². The van der Waals surface area contributed by atoms with E-state index in [-0.39, 0.29) is 6.04 Å². The Balaban J connectivity index is 2.29. The molecule has 1 heterocycles. The molecular weight excluding hydrogens is 385 g/mol. The van der Waals surface area contributed by atoms with E-state index in [2.05, 4.69) is 34.0 Å². The molecule has 1 aromatic carbocycles. The minimum Gasteiger partial charge on any atom is -0.490 e. The van der Waals surface area contributed by atoms with Crippen LogP contribution in [-0.2, 0) is 0 Å². The molecule has 2 N–H and O–H groups in total.